The number of methoxy groups -OCH3 is 1. The van der Waals surface area contributed by atoms with Gasteiger partial charge in [0.15, 0.2) is 0 Å². The highest BCUT2D eigenvalue weighted by atomic mass is 79.9. The Morgan fingerprint density at radius 2 is 1.73 bits per heavy atom. The van der Waals surface area contributed by atoms with Crippen LogP contribution in [0.4, 0.5) is 16.2 Å². The van der Waals surface area contributed by atoms with Gasteiger partial charge in [0.2, 0.25) is 0 Å². The molecule has 6 heteroatoms. The van der Waals surface area contributed by atoms with Gasteiger partial charge in [-0.1, -0.05) is 18.2 Å². The minimum absolute atomic E-state index is 0.295. The van der Waals surface area contributed by atoms with E-state index in [1.807, 2.05) is 19.1 Å². The highest BCUT2D eigenvalue weighted by Gasteiger charge is 2.13. The van der Waals surface area contributed by atoms with Crippen LogP contribution in [0.15, 0.2) is 46.9 Å². The number of rotatable bonds is 3. The van der Waals surface area contributed by atoms with E-state index in [0.29, 0.717) is 16.9 Å². The number of ether oxygens (including phenoxy) is 1. The molecule has 2 aromatic rings. The number of urea groups is 1. The first-order valence-electron chi connectivity index (χ1n) is 6.52. The SMILES string of the molecule is COC(=O)c1ccccc1NC(=O)Nc1ccc(C)cc1Br. The van der Waals surface area contributed by atoms with E-state index in [-0.39, 0.29) is 0 Å². The predicted molar refractivity (Wildman–Crippen MR) is 89.3 cm³/mol. The van der Waals surface area contributed by atoms with Crippen molar-refractivity contribution < 1.29 is 14.3 Å². The lowest BCUT2D eigenvalue weighted by molar-refractivity contribution is 0.0602. The quantitative estimate of drug-likeness (QED) is 0.804. The summed E-state index contributed by atoms with van der Waals surface area (Å²) in [4.78, 5) is 23.8. The zero-order chi connectivity index (χ0) is 16.1. The Kier molecular flexibility index (Phi) is 5.16. The highest BCUT2D eigenvalue weighted by Crippen LogP contribution is 2.24. The number of hydrogen-bond acceptors (Lipinski definition) is 3. The van der Waals surface area contributed by atoms with Gasteiger partial charge < -0.3 is 15.4 Å². The van der Waals surface area contributed by atoms with Crippen LogP contribution in [0.2, 0.25) is 0 Å². The first kappa shape index (κ1) is 16.0. The van der Waals surface area contributed by atoms with Crippen molar-refractivity contribution in [2.45, 2.75) is 6.92 Å². The molecular weight excluding hydrogens is 348 g/mol. The predicted octanol–water partition coefficient (Wildman–Crippen LogP) is 4.19. The van der Waals surface area contributed by atoms with Crippen molar-refractivity contribution in [3.05, 3.63) is 58.1 Å². The zero-order valence-corrected chi connectivity index (χ0v) is 13.7. The van der Waals surface area contributed by atoms with Gasteiger partial charge in [0.1, 0.15) is 0 Å². The Bertz CT molecular complexity index is 716. The molecule has 0 aromatic heterocycles. The Hall–Kier alpha value is -2.34. The molecule has 0 spiro atoms. The second kappa shape index (κ2) is 7.09. The third kappa shape index (κ3) is 3.85. The maximum atomic E-state index is 12.1. The van der Waals surface area contributed by atoms with Gasteiger partial charge in [0.25, 0.3) is 0 Å². The maximum Gasteiger partial charge on any atom is 0.339 e. The maximum absolute atomic E-state index is 12.1. The van der Waals surface area contributed by atoms with Gasteiger partial charge in [0, 0.05) is 4.47 Å². The monoisotopic (exact) mass is 362 g/mol. The van der Waals surface area contributed by atoms with Gasteiger partial charge in [-0.25, -0.2) is 9.59 Å². The average Bonchev–Trinajstić information content (AvgIpc) is 2.50. The van der Waals surface area contributed by atoms with Gasteiger partial charge in [0.05, 0.1) is 24.0 Å². The number of aryl methyl sites for hydroxylation is 1. The van der Waals surface area contributed by atoms with E-state index >= 15 is 0 Å². The molecule has 0 fully saturated rings. The molecular formula is C16H15BrN2O3. The molecule has 0 unspecified atom stereocenters. The van der Waals surface area contributed by atoms with Crippen molar-refractivity contribution in [2.24, 2.45) is 0 Å². The average molecular weight is 363 g/mol. The number of anilines is 2. The molecule has 0 radical (unpaired) electrons. The normalized spacial score (nSPS) is 9.95. The summed E-state index contributed by atoms with van der Waals surface area (Å²) in [6.45, 7) is 1.96. The lowest BCUT2D eigenvalue weighted by atomic mass is 10.2. The molecule has 0 saturated carbocycles. The Morgan fingerprint density at radius 1 is 1.05 bits per heavy atom. The van der Waals surface area contributed by atoms with Crippen LogP contribution in [0.5, 0.6) is 0 Å². The smallest absolute Gasteiger partial charge is 0.339 e. The number of carbonyl (C=O) groups is 2. The second-order valence-corrected chi connectivity index (χ2v) is 5.45. The first-order chi connectivity index (χ1) is 10.5. The molecule has 0 aliphatic rings. The summed E-state index contributed by atoms with van der Waals surface area (Å²) in [5.74, 6) is -0.507. The van der Waals surface area contributed by atoms with Crippen molar-refractivity contribution in [3.8, 4) is 0 Å². The number of amides is 2. The van der Waals surface area contributed by atoms with E-state index in [2.05, 4.69) is 26.6 Å². The van der Waals surface area contributed by atoms with Crippen molar-refractivity contribution in [3.63, 3.8) is 0 Å². The molecule has 22 heavy (non-hydrogen) atoms. The van der Waals surface area contributed by atoms with E-state index < -0.39 is 12.0 Å². The third-order valence-corrected chi connectivity index (χ3v) is 3.61. The van der Waals surface area contributed by atoms with Crippen LogP contribution in [-0.4, -0.2) is 19.1 Å². The molecule has 2 N–H and O–H groups in total. The van der Waals surface area contributed by atoms with Gasteiger partial charge in [-0.15, -0.1) is 0 Å². The minimum Gasteiger partial charge on any atom is -0.465 e. The Balaban J connectivity index is 2.14. The summed E-state index contributed by atoms with van der Waals surface area (Å²) in [6, 6.07) is 11.8. The number of nitrogens with one attached hydrogen (secondary N) is 2. The van der Waals surface area contributed by atoms with Crippen LogP contribution in [0.1, 0.15) is 15.9 Å². The number of para-hydroxylation sites is 1. The fraction of sp³-hybridized carbons (Fsp3) is 0.125. The van der Waals surface area contributed by atoms with Crippen LogP contribution in [0.3, 0.4) is 0 Å². The van der Waals surface area contributed by atoms with Crippen LogP contribution in [0.25, 0.3) is 0 Å². The van der Waals surface area contributed by atoms with Crippen LogP contribution in [0, 0.1) is 6.92 Å². The molecule has 2 amide bonds. The molecule has 2 aromatic carbocycles. The molecule has 0 heterocycles. The molecule has 0 saturated heterocycles. The summed E-state index contributed by atoms with van der Waals surface area (Å²) in [7, 11) is 1.29. The summed E-state index contributed by atoms with van der Waals surface area (Å²) < 4.78 is 5.47. The van der Waals surface area contributed by atoms with E-state index in [9.17, 15) is 9.59 Å². The number of hydrogen-bond donors (Lipinski definition) is 2. The van der Waals surface area contributed by atoms with Gasteiger partial charge in [-0.3, -0.25) is 0 Å². The largest absolute Gasteiger partial charge is 0.465 e. The lowest BCUT2D eigenvalue weighted by Gasteiger charge is -2.12. The number of carbonyl (C=O) groups excluding carboxylic acids is 2. The van der Waals surface area contributed by atoms with Gasteiger partial charge in [-0.05, 0) is 52.7 Å². The topological polar surface area (TPSA) is 67.4 Å². The number of esters is 1. The fourth-order valence-corrected chi connectivity index (χ4v) is 2.47. The first-order valence-corrected chi connectivity index (χ1v) is 7.32. The zero-order valence-electron chi connectivity index (χ0n) is 12.1. The summed E-state index contributed by atoms with van der Waals surface area (Å²) in [5, 5.41) is 5.37. The standard InChI is InChI=1S/C16H15BrN2O3/c1-10-7-8-14(12(17)9-10)19-16(21)18-13-6-4-3-5-11(13)15(20)22-2/h3-9H,1-2H3,(H2,18,19,21). The van der Waals surface area contributed by atoms with Crippen molar-refractivity contribution in [1.29, 1.82) is 0 Å². The lowest BCUT2D eigenvalue weighted by Crippen LogP contribution is -2.21. The second-order valence-electron chi connectivity index (χ2n) is 4.60. The number of halogens is 1. The van der Waals surface area contributed by atoms with E-state index in [1.165, 1.54) is 7.11 Å². The van der Waals surface area contributed by atoms with Crippen molar-refractivity contribution >= 4 is 39.3 Å². The molecule has 0 aliphatic heterocycles. The van der Waals surface area contributed by atoms with E-state index in [1.54, 1.807) is 30.3 Å². The molecule has 0 bridgehead atoms. The summed E-state index contributed by atoms with van der Waals surface area (Å²) >= 11 is 3.39. The minimum atomic E-state index is -0.507. The van der Waals surface area contributed by atoms with Crippen LogP contribution in [-0.2, 0) is 4.74 Å². The van der Waals surface area contributed by atoms with Crippen LogP contribution < -0.4 is 10.6 Å². The molecule has 0 atom stereocenters. The molecule has 2 rings (SSSR count). The van der Waals surface area contributed by atoms with Gasteiger partial charge >= 0.3 is 12.0 Å². The molecule has 5 nitrogen and oxygen atoms in total. The molecule has 114 valence electrons. The van der Waals surface area contributed by atoms with E-state index in [0.717, 1.165) is 10.0 Å². The van der Waals surface area contributed by atoms with Crippen molar-refractivity contribution in [1.82, 2.24) is 0 Å². The fourth-order valence-electron chi connectivity index (χ4n) is 1.88. The van der Waals surface area contributed by atoms with Crippen LogP contribution >= 0.6 is 15.9 Å². The van der Waals surface area contributed by atoms with Gasteiger partial charge in [-0.2, -0.15) is 0 Å². The Labute approximate surface area is 136 Å². The van der Waals surface area contributed by atoms with Crippen molar-refractivity contribution in [2.75, 3.05) is 17.7 Å². The Morgan fingerprint density at radius 3 is 2.41 bits per heavy atom. The van der Waals surface area contributed by atoms with E-state index in [4.69, 9.17) is 4.74 Å². The summed E-state index contributed by atoms with van der Waals surface area (Å²) in [6.07, 6.45) is 0. The molecule has 0 aliphatic carbocycles. The third-order valence-electron chi connectivity index (χ3n) is 2.95. The highest BCUT2D eigenvalue weighted by molar-refractivity contribution is 9.10. The summed E-state index contributed by atoms with van der Waals surface area (Å²) in [5.41, 5.74) is 2.39. The number of benzene rings is 2.